The van der Waals surface area contributed by atoms with Crippen LogP contribution < -0.4 is 15.4 Å². The maximum Gasteiger partial charge on any atom is 0.251 e. The molecular formula is C36H31N3O3S. The van der Waals surface area contributed by atoms with Gasteiger partial charge in [-0.3, -0.25) is 9.59 Å². The normalized spacial score (nSPS) is 19.7. The Kier molecular flexibility index (Phi) is 6.82. The van der Waals surface area contributed by atoms with Crippen LogP contribution in [-0.4, -0.2) is 23.9 Å². The molecule has 5 aromatic rings. The number of hydrogen-bond acceptors (Lipinski definition) is 5. The molecule has 4 aromatic carbocycles. The van der Waals surface area contributed by atoms with E-state index < -0.39 is 5.41 Å². The van der Waals surface area contributed by atoms with Crippen LogP contribution in [0.1, 0.15) is 63.4 Å². The number of carbonyl (C=O) groups excluding carboxylic acids is 2. The molecule has 3 aliphatic carbocycles. The lowest BCUT2D eigenvalue weighted by Gasteiger charge is -2.50. The second kappa shape index (κ2) is 10.8. The van der Waals surface area contributed by atoms with Crippen LogP contribution in [0.15, 0.2) is 102 Å². The molecule has 1 unspecified atom stereocenters. The molecule has 7 heteroatoms. The molecule has 2 amide bonds. The molecular weight excluding hydrogens is 554 g/mol. The number of thiazole rings is 1. The molecule has 0 aliphatic heterocycles. The van der Waals surface area contributed by atoms with Crippen LogP contribution >= 0.6 is 11.3 Å². The van der Waals surface area contributed by atoms with Gasteiger partial charge in [0.25, 0.3) is 5.91 Å². The van der Waals surface area contributed by atoms with Gasteiger partial charge in [-0.15, -0.1) is 11.3 Å². The van der Waals surface area contributed by atoms with Crippen LogP contribution in [0.3, 0.4) is 0 Å². The Morgan fingerprint density at radius 3 is 2.26 bits per heavy atom. The van der Waals surface area contributed by atoms with Crippen LogP contribution in [0.4, 0.5) is 5.13 Å². The molecule has 1 heterocycles. The predicted octanol–water partition coefficient (Wildman–Crippen LogP) is 7.37. The van der Waals surface area contributed by atoms with Gasteiger partial charge in [-0.2, -0.15) is 0 Å². The summed E-state index contributed by atoms with van der Waals surface area (Å²) in [4.78, 5) is 31.7. The van der Waals surface area contributed by atoms with Crippen LogP contribution in [-0.2, 0) is 11.3 Å². The van der Waals surface area contributed by atoms with Gasteiger partial charge in [-0.25, -0.2) is 4.98 Å². The van der Waals surface area contributed by atoms with Crippen molar-refractivity contribution in [2.45, 2.75) is 31.7 Å². The fourth-order valence-corrected chi connectivity index (χ4v) is 7.46. The van der Waals surface area contributed by atoms with Crippen molar-refractivity contribution in [1.82, 2.24) is 10.3 Å². The smallest absolute Gasteiger partial charge is 0.251 e. The minimum absolute atomic E-state index is 0.0148. The van der Waals surface area contributed by atoms with Crippen molar-refractivity contribution in [3.8, 4) is 17.0 Å². The molecule has 3 aliphatic rings. The van der Waals surface area contributed by atoms with E-state index >= 15 is 0 Å². The minimum atomic E-state index is -0.610. The SMILES string of the molecule is COc1ccc(CNC(=O)c2cccc(-c3csc(NC(=O)C4(C)CC5c6ccccc6C4c4ccccc45)n3)c2)cc1. The van der Waals surface area contributed by atoms with Gasteiger partial charge in [0, 0.05) is 34.9 Å². The number of fused-ring (bicyclic) bond motifs is 1. The summed E-state index contributed by atoms with van der Waals surface area (Å²) in [5.74, 6) is 0.773. The lowest BCUT2D eigenvalue weighted by Crippen LogP contribution is -2.47. The highest BCUT2D eigenvalue weighted by Crippen LogP contribution is 2.61. The van der Waals surface area contributed by atoms with Crippen molar-refractivity contribution >= 4 is 28.3 Å². The van der Waals surface area contributed by atoms with Gasteiger partial charge in [0.1, 0.15) is 5.75 Å². The van der Waals surface area contributed by atoms with Gasteiger partial charge in [0.05, 0.1) is 18.2 Å². The largest absolute Gasteiger partial charge is 0.497 e. The number of ether oxygens (including phenoxy) is 1. The van der Waals surface area contributed by atoms with Crippen molar-refractivity contribution < 1.29 is 14.3 Å². The first kappa shape index (κ1) is 27.1. The summed E-state index contributed by atoms with van der Waals surface area (Å²) in [6, 6.07) is 32.1. The third-order valence-corrected chi connectivity index (χ3v) is 9.66. The third kappa shape index (κ3) is 4.79. The summed E-state index contributed by atoms with van der Waals surface area (Å²) in [7, 11) is 1.63. The van der Waals surface area contributed by atoms with Gasteiger partial charge in [0.15, 0.2) is 5.13 Å². The van der Waals surface area contributed by atoms with Crippen molar-refractivity contribution in [1.29, 1.82) is 0 Å². The zero-order chi connectivity index (χ0) is 29.6. The van der Waals surface area contributed by atoms with E-state index in [0.29, 0.717) is 17.2 Å². The highest BCUT2D eigenvalue weighted by Gasteiger charge is 2.54. The van der Waals surface area contributed by atoms with Gasteiger partial charge >= 0.3 is 0 Å². The molecule has 2 N–H and O–H groups in total. The number of nitrogens with zero attached hydrogens (tertiary/aromatic N) is 1. The summed E-state index contributed by atoms with van der Waals surface area (Å²) in [5, 5.41) is 8.60. The van der Waals surface area contributed by atoms with Crippen LogP contribution in [0, 0.1) is 5.41 Å². The van der Waals surface area contributed by atoms with E-state index in [1.165, 1.54) is 33.6 Å². The monoisotopic (exact) mass is 585 g/mol. The fraction of sp³-hybridized carbons (Fsp3) is 0.194. The van der Waals surface area contributed by atoms with E-state index in [9.17, 15) is 9.59 Å². The van der Waals surface area contributed by atoms with Crippen molar-refractivity contribution in [3.63, 3.8) is 0 Å². The number of benzene rings is 4. The van der Waals surface area contributed by atoms with E-state index in [1.54, 1.807) is 13.2 Å². The average Bonchev–Trinajstić information content (AvgIpc) is 3.52. The second-order valence-electron chi connectivity index (χ2n) is 11.5. The number of methoxy groups -OCH3 is 1. The van der Waals surface area contributed by atoms with Crippen LogP contribution in [0.5, 0.6) is 5.75 Å². The highest BCUT2D eigenvalue weighted by molar-refractivity contribution is 7.14. The van der Waals surface area contributed by atoms with Crippen LogP contribution in [0.25, 0.3) is 11.3 Å². The van der Waals surface area contributed by atoms with Crippen LogP contribution in [0.2, 0.25) is 0 Å². The van der Waals surface area contributed by atoms with E-state index in [1.807, 2.05) is 47.8 Å². The third-order valence-electron chi connectivity index (χ3n) is 8.91. The first-order valence-electron chi connectivity index (χ1n) is 14.4. The number of nitrogens with one attached hydrogen (secondary N) is 2. The summed E-state index contributed by atoms with van der Waals surface area (Å²) in [6.45, 7) is 2.50. The van der Waals surface area contributed by atoms with Gasteiger partial charge in [-0.1, -0.05) is 72.8 Å². The average molecular weight is 586 g/mol. The number of rotatable bonds is 7. The molecule has 0 radical (unpaired) electrons. The first-order chi connectivity index (χ1) is 20.9. The van der Waals surface area contributed by atoms with E-state index in [-0.39, 0.29) is 23.7 Å². The number of amides is 2. The molecule has 43 heavy (non-hydrogen) atoms. The molecule has 6 nitrogen and oxygen atoms in total. The maximum absolute atomic E-state index is 14.0. The molecule has 0 saturated heterocycles. The van der Waals surface area contributed by atoms with Gasteiger partial charge < -0.3 is 15.4 Å². The highest BCUT2D eigenvalue weighted by atomic mass is 32.1. The Bertz CT molecular complexity index is 1800. The minimum Gasteiger partial charge on any atom is -0.497 e. The Morgan fingerprint density at radius 2 is 1.58 bits per heavy atom. The molecule has 0 saturated carbocycles. The van der Waals surface area contributed by atoms with Gasteiger partial charge in [0.2, 0.25) is 5.91 Å². The van der Waals surface area contributed by atoms with E-state index in [2.05, 4.69) is 66.1 Å². The second-order valence-corrected chi connectivity index (χ2v) is 12.3. The molecule has 1 aromatic heterocycles. The van der Waals surface area contributed by atoms with E-state index in [0.717, 1.165) is 29.0 Å². The lowest BCUT2D eigenvalue weighted by molar-refractivity contribution is -0.126. The molecule has 8 rings (SSSR count). The maximum atomic E-state index is 14.0. The molecule has 0 fully saturated rings. The van der Waals surface area contributed by atoms with E-state index in [4.69, 9.17) is 9.72 Å². The zero-order valence-electron chi connectivity index (χ0n) is 24.0. The predicted molar refractivity (Wildman–Crippen MR) is 170 cm³/mol. The Morgan fingerprint density at radius 1 is 0.907 bits per heavy atom. The molecule has 214 valence electrons. The Hall–Kier alpha value is -4.75. The Balaban J connectivity index is 1.07. The fourth-order valence-electron chi connectivity index (χ4n) is 6.74. The lowest BCUT2D eigenvalue weighted by atomic mass is 9.52. The summed E-state index contributed by atoms with van der Waals surface area (Å²) in [5.41, 5.74) is 7.62. The van der Waals surface area contributed by atoms with Crippen molar-refractivity contribution in [2.75, 3.05) is 12.4 Å². The summed E-state index contributed by atoms with van der Waals surface area (Å²) >= 11 is 1.40. The molecule has 1 atom stereocenters. The van der Waals surface area contributed by atoms with Crippen molar-refractivity contribution in [2.24, 2.45) is 5.41 Å². The number of aromatic nitrogens is 1. The number of carbonyl (C=O) groups is 2. The quantitative estimate of drug-likeness (QED) is 0.209. The molecule has 0 spiro atoms. The number of anilines is 1. The topological polar surface area (TPSA) is 80.3 Å². The molecule has 2 bridgehead atoms. The first-order valence-corrected chi connectivity index (χ1v) is 15.3. The summed E-state index contributed by atoms with van der Waals surface area (Å²) in [6.07, 6.45) is 0.753. The van der Waals surface area contributed by atoms with Crippen molar-refractivity contribution in [3.05, 3.63) is 136 Å². The number of hydrogen-bond donors (Lipinski definition) is 2. The standard InChI is InChI=1S/C36H31N3O3S/c1-36(19-30-26-10-3-5-12-28(26)32(36)29-13-6-4-11-27(29)30)34(41)39-35-38-31(21-43-35)23-8-7-9-24(18-23)33(40)37-20-22-14-16-25(42-2)17-15-22/h3-18,21,30,32H,19-20H2,1-2H3,(H,37,40)(H,38,39,41). The summed E-state index contributed by atoms with van der Waals surface area (Å²) < 4.78 is 5.20. The zero-order valence-corrected chi connectivity index (χ0v) is 24.8. The van der Waals surface area contributed by atoms with Gasteiger partial charge in [-0.05, 0) is 65.4 Å². The Labute approximate surface area is 254 Å².